The lowest BCUT2D eigenvalue weighted by Crippen LogP contribution is -2.71. The van der Waals surface area contributed by atoms with Gasteiger partial charge in [-0.05, 0) is 32.4 Å². The van der Waals surface area contributed by atoms with Gasteiger partial charge in [-0.3, -0.25) is 19.2 Å². The van der Waals surface area contributed by atoms with Gasteiger partial charge in [0.2, 0.25) is 5.91 Å². The van der Waals surface area contributed by atoms with Crippen LogP contribution in [0.5, 0.6) is 0 Å². The summed E-state index contributed by atoms with van der Waals surface area (Å²) in [6.45, 7) is 4.57. The van der Waals surface area contributed by atoms with Gasteiger partial charge in [-0.15, -0.1) is 22.0 Å². The zero-order chi connectivity index (χ0) is 25.7. The molecule has 0 aromatic carbocycles. The molecule has 10 nitrogen and oxygen atoms in total. The normalized spacial score (nSPS) is 21.0. The van der Waals surface area contributed by atoms with Gasteiger partial charge < -0.3 is 10.4 Å². The van der Waals surface area contributed by atoms with E-state index in [2.05, 4.69) is 20.6 Å². The van der Waals surface area contributed by atoms with Crippen molar-refractivity contribution in [1.29, 1.82) is 0 Å². The molecule has 0 spiro atoms. The van der Waals surface area contributed by atoms with E-state index in [-0.39, 0.29) is 11.4 Å². The summed E-state index contributed by atoms with van der Waals surface area (Å²) in [4.78, 5) is 38.7. The molecule has 2 aliphatic rings. The number of alkyl halides is 3. The summed E-state index contributed by atoms with van der Waals surface area (Å²) in [6, 6.07) is -1.27. The molecular weight excluding hydrogens is 529 g/mol. The molecule has 3 atom stereocenters. The minimum absolute atomic E-state index is 0.122. The molecule has 4 heterocycles. The SMILES string of the molecule is Cc1nnc(SCC2=C(C(=O)O)N3C(=O)C(NC(=O)C(C)n4nc(C(F)(F)F)cc4C)C3SC2)s1. The van der Waals surface area contributed by atoms with Crippen LogP contribution in [0.3, 0.4) is 0 Å². The van der Waals surface area contributed by atoms with E-state index >= 15 is 0 Å². The summed E-state index contributed by atoms with van der Waals surface area (Å²) in [6.07, 6.45) is -4.65. The number of rotatable bonds is 7. The average Bonchev–Trinajstić information content (AvgIpc) is 3.39. The highest BCUT2D eigenvalue weighted by atomic mass is 32.2. The van der Waals surface area contributed by atoms with Crippen LogP contribution < -0.4 is 5.32 Å². The zero-order valence-corrected chi connectivity index (χ0v) is 20.9. The molecule has 2 N–H and O–H groups in total. The number of carboxylic acid groups (broad SMARTS) is 1. The van der Waals surface area contributed by atoms with Crippen molar-refractivity contribution in [2.45, 2.75) is 48.7 Å². The highest BCUT2D eigenvalue weighted by Gasteiger charge is 2.54. The second-order valence-corrected chi connectivity index (χ2v) is 11.3. The van der Waals surface area contributed by atoms with Crippen molar-refractivity contribution < 1.29 is 32.7 Å². The standard InChI is InChI=1S/C19H19F3N6O4S3/c1-7-4-11(19(20,21)22)26-28(7)8(2)14(29)23-12-15(30)27-13(17(31)32)10(5-33-16(12)27)6-34-18-25-24-9(3)35-18/h4,8,12,16H,5-6H2,1-3H3,(H,23,29)(H,31,32). The highest BCUT2D eigenvalue weighted by molar-refractivity contribution is 8.01. The number of carbonyl (C=O) groups excluding carboxylic acids is 2. The fourth-order valence-corrected chi connectivity index (χ4v) is 6.98. The zero-order valence-electron chi connectivity index (χ0n) is 18.5. The Morgan fingerprint density at radius 2 is 2.06 bits per heavy atom. The number of thioether (sulfide) groups is 2. The summed E-state index contributed by atoms with van der Waals surface area (Å²) in [5, 5.41) is 23.9. The fraction of sp³-hybridized carbons (Fsp3) is 0.474. The van der Waals surface area contributed by atoms with Gasteiger partial charge in [0.1, 0.15) is 28.2 Å². The Kier molecular flexibility index (Phi) is 6.89. The molecule has 188 valence electrons. The lowest BCUT2D eigenvalue weighted by atomic mass is 10.0. The Hall–Kier alpha value is -2.59. The second kappa shape index (κ2) is 9.46. The average molecular weight is 549 g/mol. The van der Waals surface area contributed by atoms with E-state index in [1.165, 1.54) is 48.7 Å². The number of nitrogens with zero attached hydrogens (tertiary/aromatic N) is 5. The van der Waals surface area contributed by atoms with Gasteiger partial charge in [-0.1, -0.05) is 23.1 Å². The summed E-state index contributed by atoms with van der Waals surface area (Å²) < 4.78 is 40.5. The number of halogens is 3. The number of carboxylic acids is 1. The van der Waals surface area contributed by atoms with Gasteiger partial charge >= 0.3 is 12.1 Å². The van der Waals surface area contributed by atoms with Crippen LogP contribution in [-0.2, 0) is 20.6 Å². The van der Waals surface area contributed by atoms with Gasteiger partial charge in [0.25, 0.3) is 5.91 Å². The van der Waals surface area contributed by atoms with E-state index in [0.717, 1.165) is 20.7 Å². The molecule has 2 aromatic rings. The van der Waals surface area contributed by atoms with Crippen molar-refractivity contribution in [3.8, 4) is 0 Å². The molecular formula is C19H19F3N6O4S3. The number of nitrogens with one attached hydrogen (secondary N) is 1. The summed E-state index contributed by atoms with van der Waals surface area (Å²) in [5.74, 6) is -1.90. The van der Waals surface area contributed by atoms with Gasteiger partial charge in [-0.2, -0.15) is 18.3 Å². The Balaban J connectivity index is 1.46. The topological polar surface area (TPSA) is 130 Å². The van der Waals surface area contributed by atoms with E-state index in [0.29, 0.717) is 21.4 Å². The van der Waals surface area contributed by atoms with Crippen LogP contribution >= 0.6 is 34.9 Å². The number of aryl methyl sites for hydroxylation is 2. The lowest BCUT2D eigenvalue weighted by Gasteiger charge is -2.49. The number of hydrogen-bond donors (Lipinski definition) is 2. The third-order valence-corrected chi connectivity index (χ3v) is 8.78. The molecule has 0 aliphatic carbocycles. The summed E-state index contributed by atoms with van der Waals surface area (Å²) >= 11 is 4.01. The third-order valence-electron chi connectivity index (χ3n) is 5.38. The van der Waals surface area contributed by atoms with E-state index in [4.69, 9.17) is 0 Å². The molecule has 0 saturated carbocycles. The number of carbonyl (C=O) groups is 3. The first-order valence-electron chi connectivity index (χ1n) is 10.1. The molecule has 2 aromatic heterocycles. The first-order chi connectivity index (χ1) is 16.4. The van der Waals surface area contributed by atoms with E-state index < -0.39 is 47.1 Å². The smallest absolute Gasteiger partial charge is 0.435 e. The van der Waals surface area contributed by atoms with Gasteiger partial charge in [0.05, 0.1) is 0 Å². The Labute approximate surface area is 209 Å². The number of fused-ring (bicyclic) bond motifs is 1. The van der Waals surface area contributed by atoms with E-state index in [9.17, 15) is 32.7 Å². The van der Waals surface area contributed by atoms with Crippen LogP contribution in [0.15, 0.2) is 21.7 Å². The van der Waals surface area contributed by atoms with Crippen molar-refractivity contribution in [2.24, 2.45) is 0 Å². The molecule has 35 heavy (non-hydrogen) atoms. The molecule has 16 heteroatoms. The number of amides is 2. The quantitative estimate of drug-likeness (QED) is 0.396. The molecule has 1 saturated heterocycles. The van der Waals surface area contributed by atoms with Gasteiger partial charge in [0.15, 0.2) is 10.0 Å². The van der Waals surface area contributed by atoms with Crippen molar-refractivity contribution in [1.82, 2.24) is 30.2 Å². The first-order valence-corrected chi connectivity index (χ1v) is 13.0. The fourth-order valence-electron chi connectivity index (χ4n) is 3.68. The lowest BCUT2D eigenvalue weighted by molar-refractivity contribution is -0.151. The summed E-state index contributed by atoms with van der Waals surface area (Å²) in [5.41, 5.74) is -0.551. The third kappa shape index (κ3) is 4.91. The number of aromatic nitrogens is 4. The number of aliphatic carboxylic acids is 1. The minimum Gasteiger partial charge on any atom is -0.477 e. The van der Waals surface area contributed by atoms with Crippen LogP contribution in [0, 0.1) is 13.8 Å². The minimum atomic E-state index is -4.65. The number of β-lactam (4-membered cyclic amide) rings is 1. The van der Waals surface area contributed by atoms with Gasteiger partial charge in [0, 0.05) is 17.2 Å². The van der Waals surface area contributed by atoms with Crippen molar-refractivity contribution in [3.05, 3.63) is 33.7 Å². The highest BCUT2D eigenvalue weighted by Crippen LogP contribution is 2.42. The predicted octanol–water partition coefficient (Wildman–Crippen LogP) is 2.46. The predicted molar refractivity (Wildman–Crippen MR) is 122 cm³/mol. The first kappa shape index (κ1) is 25.5. The summed E-state index contributed by atoms with van der Waals surface area (Å²) in [7, 11) is 0. The van der Waals surface area contributed by atoms with Crippen molar-refractivity contribution >= 4 is 52.6 Å². The molecule has 3 unspecified atom stereocenters. The van der Waals surface area contributed by atoms with Crippen molar-refractivity contribution in [3.63, 3.8) is 0 Å². The molecule has 2 aliphatic heterocycles. The molecule has 2 amide bonds. The largest absolute Gasteiger partial charge is 0.477 e. The molecule has 0 radical (unpaired) electrons. The number of hydrogen-bond acceptors (Lipinski definition) is 9. The second-order valence-electron chi connectivity index (χ2n) is 7.82. The maximum atomic E-state index is 13.0. The van der Waals surface area contributed by atoms with E-state index in [1.807, 2.05) is 6.92 Å². The Morgan fingerprint density at radius 1 is 1.34 bits per heavy atom. The van der Waals surface area contributed by atoms with Crippen LogP contribution in [0.2, 0.25) is 0 Å². The van der Waals surface area contributed by atoms with Crippen LogP contribution in [0.1, 0.15) is 29.4 Å². The maximum absolute atomic E-state index is 13.0. The Morgan fingerprint density at radius 3 is 2.63 bits per heavy atom. The van der Waals surface area contributed by atoms with Crippen LogP contribution in [0.25, 0.3) is 0 Å². The van der Waals surface area contributed by atoms with E-state index in [1.54, 1.807) is 0 Å². The van der Waals surface area contributed by atoms with Gasteiger partial charge in [-0.25, -0.2) is 4.79 Å². The van der Waals surface area contributed by atoms with Crippen LogP contribution in [-0.4, -0.2) is 70.7 Å². The molecule has 4 rings (SSSR count). The van der Waals surface area contributed by atoms with Crippen molar-refractivity contribution in [2.75, 3.05) is 11.5 Å². The van der Waals surface area contributed by atoms with Crippen LogP contribution in [0.4, 0.5) is 13.2 Å². The monoisotopic (exact) mass is 548 g/mol. The molecule has 1 fully saturated rings. The Bertz CT molecular complexity index is 1230. The molecule has 0 bridgehead atoms. The maximum Gasteiger partial charge on any atom is 0.435 e.